The Bertz CT molecular complexity index is 807. The number of likely N-dealkylation sites (N-methyl/N-ethyl adjacent to an activating group) is 1. The average molecular weight is 340 g/mol. The molecular formula is C19H25BN2O3. The van der Waals surface area contributed by atoms with Gasteiger partial charge in [-0.15, -0.1) is 0 Å². The molecule has 0 unspecified atom stereocenters. The lowest BCUT2D eigenvalue weighted by atomic mass is 9.76. The first kappa shape index (κ1) is 17.9. The van der Waals surface area contributed by atoms with E-state index in [0.717, 1.165) is 28.2 Å². The summed E-state index contributed by atoms with van der Waals surface area (Å²) in [6.07, 6.45) is 4.67. The molecule has 0 bridgehead atoms. The second-order valence-corrected chi connectivity index (χ2v) is 7.47. The van der Waals surface area contributed by atoms with E-state index in [1.54, 1.807) is 6.20 Å². The number of carbonyl (C=O) groups excluding carboxylic acids is 1. The molecule has 0 spiro atoms. The lowest BCUT2D eigenvalue weighted by molar-refractivity contribution is 0.00578. The molecule has 0 aliphatic carbocycles. The van der Waals surface area contributed by atoms with Gasteiger partial charge in [0.05, 0.1) is 11.2 Å². The Hall–Kier alpha value is -1.89. The Balaban J connectivity index is 2.05. The molecule has 2 aromatic rings. The van der Waals surface area contributed by atoms with Crippen LogP contribution in [0.2, 0.25) is 0 Å². The van der Waals surface area contributed by atoms with Gasteiger partial charge in [-0.3, -0.25) is 4.79 Å². The molecule has 0 saturated carbocycles. The van der Waals surface area contributed by atoms with Crippen LogP contribution < -0.4 is 5.32 Å². The summed E-state index contributed by atoms with van der Waals surface area (Å²) in [6.45, 7) is 8.81. The van der Waals surface area contributed by atoms with Crippen molar-refractivity contribution < 1.29 is 14.1 Å². The zero-order chi connectivity index (χ0) is 18.2. The van der Waals surface area contributed by atoms with Crippen LogP contribution in [0.4, 0.5) is 0 Å². The van der Waals surface area contributed by atoms with E-state index in [4.69, 9.17) is 9.31 Å². The molecule has 3 rings (SSSR count). The molecule has 1 aromatic heterocycles. The van der Waals surface area contributed by atoms with E-state index < -0.39 is 18.3 Å². The topological polar surface area (TPSA) is 63.4 Å². The van der Waals surface area contributed by atoms with Crippen LogP contribution in [0.25, 0.3) is 17.0 Å². The third kappa shape index (κ3) is 3.17. The summed E-state index contributed by atoms with van der Waals surface area (Å²) in [6, 6.07) is 5.94. The van der Waals surface area contributed by atoms with E-state index in [1.807, 2.05) is 52.9 Å². The standard InChI is InChI=1S/C19H25BN2O3/c1-18(2)19(3,4)25-20(24-18)15(11-21-5)9-13-7-6-8-16-17(13)14(12-23)10-22-16/h6-10,12,21-22H,11H2,1-5H3. The van der Waals surface area contributed by atoms with E-state index in [1.165, 1.54) is 0 Å². The highest BCUT2D eigenvalue weighted by Gasteiger charge is 2.52. The number of hydrogen-bond donors (Lipinski definition) is 2. The Labute approximate surface area is 148 Å². The number of aromatic nitrogens is 1. The van der Waals surface area contributed by atoms with Crippen LogP contribution in [0.15, 0.2) is 29.9 Å². The first-order chi connectivity index (χ1) is 11.8. The van der Waals surface area contributed by atoms with Gasteiger partial charge in [-0.05, 0) is 51.8 Å². The smallest absolute Gasteiger partial charge is 0.400 e. The van der Waals surface area contributed by atoms with Crippen LogP contribution in [-0.2, 0) is 9.31 Å². The van der Waals surface area contributed by atoms with Crippen LogP contribution in [0, 0.1) is 0 Å². The summed E-state index contributed by atoms with van der Waals surface area (Å²) in [7, 11) is 1.47. The number of rotatable bonds is 5. The second kappa shape index (κ2) is 6.44. The van der Waals surface area contributed by atoms with E-state index >= 15 is 0 Å². The first-order valence-electron chi connectivity index (χ1n) is 8.55. The van der Waals surface area contributed by atoms with Gasteiger partial charge in [-0.1, -0.05) is 18.2 Å². The van der Waals surface area contributed by atoms with E-state index in [0.29, 0.717) is 12.1 Å². The number of aromatic amines is 1. The summed E-state index contributed by atoms with van der Waals surface area (Å²) in [5.41, 5.74) is 2.78. The van der Waals surface area contributed by atoms with Crippen molar-refractivity contribution in [1.29, 1.82) is 0 Å². The normalized spacial score (nSPS) is 19.6. The molecule has 2 N–H and O–H groups in total. The Kier molecular flexibility index (Phi) is 4.62. The molecule has 2 heterocycles. The van der Waals surface area contributed by atoms with Crippen molar-refractivity contribution in [1.82, 2.24) is 10.3 Å². The molecule has 1 saturated heterocycles. The summed E-state index contributed by atoms with van der Waals surface area (Å²) >= 11 is 0. The maximum atomic E-state index is 11.4. The van der Waals surface area contributed by atoms with Gasteiger partial charge in [-0.2, -0.15) is 0 Å². The number of fused-ring (bicyclic) bond motifs is 1. The van der Waals surface area contributed by atoms with Gasteiger partial charge in [0.1, 0.15) is 0 Å². The summed E-state index contributed by atoms with van der Waals surface area (Å²) in [5.74, 6) is 0. The highest BCUT2D eigenvalue weighted by molar-refractivity contribution is 6.56. The van der Waals surface area contributed by atoms with Crippen LogP contribution in [0.5, 0.6) is 0 Å². The molecule has 0 radical (unpaired) electrons. The molecule has 0 atom stereocenters. The fourth-order valence-corrected chi connectivity index (χ4v) is 3.05. The van der Waals surface area contributed by atoms with E-state index in [2.05, 4.69) is 16.4 Å². The third-order valence-electron chi connectivity index (χ3n) is 5.17. The third-order valence-corrected chi connectivity index (χ3v) is 5.17. The summed E-state index contributed by atoms with van der Waals surface area (Å²) in [5, 5.41) is 4.10. The van der Waals surface area contributed by atoms with Crippen molar-refractivity contribution in [3.63, 3.8) is 0 Å². The molecule has 1 aliphatic rings. The lowest BCUT2D eigenvalue weighted by Crippen LogP contribution is -2.41. The minimum atomic E-state index is -0.425. The number of nitrogens with one attached hydrogen (secondary N) is 2. The van der Waals surface area contributed by atoms with Crippen molar-refractivity contribution in [2.75, 3.05) is 13.6 Å². The fraction of sp³-hybridized carbons (Fsp3) is 0.421. The molecule has 1 aromatic carbocycles. The highest BCUT2D eigenvalue weighted by atomic mass is 16.7. The molecule has 1 aliphatic heterocycles. The van der Waals surface area contributed by atoms with Gasteiger partial charge in [-0.25, -0.2) is 0 Å². The highest BCUT2D eigenvalue weighted by Crippen LogP contribution is 2.39. The maximum Gasteiger partial charge on any atom is 0.491 e. The van der Waals surface area contributed by atoms with Crippen molar-refractivity contribution in [3.8, 4) is 0 Å². The molecule has 1 fully saturated rings. The van der Waals surface area contributed by atoms with Crippen LogP contribution in [-0.4, -0.2) is 43.2 Å². The lowest BCUT2D eigenvalue weighted by Gasteiger charge is -2.32. The van der Waals surface area contributed by atoms with Crippen molar-refractivity contribution in [2.24, 2.45) is 0 Å². The monoisotopic (exact) mass is 340 g/mol. The number of H-pyrrole nitrogens is 1. The Morgan fingerprint density at radius 1 is 1.20 bits per heavy atom. The number of carbonyl (C=O) groups is 1. The number of aldehydes is 1. The van der Waals surface area contributed by atoms with Crippen molar-refractivity contribution >= 4 is 30.4 Å². The molecular weight excluding hydrogens is 315 g/mol. The van der Waals surface area contributed by atoms with Gasteiger partial charge < -0.3 is 19.6 Å². The van der Waals surface area contributed by atoms with E-state index in [-0.39, 0.29) is 0 Å². The Morgan fingerprint density at radius 3 is 2.48 bits per heavy atom. The SMILES string of the molecule is CNCC(=Cc1cccc2[nH]cc(C=O)c12)B1OC(C)(C)C(C)(C)O1. The molecule has 132 valence electrons. The van der Waals surface area contributed by atoms with Gasteiger partial charge in [0.2, 0.25) is 0 Å². The van der Waals surface area contributed by atoms with Crippen LogP contribution in [0.3, 0.4) is 0 Å². The largest absolute Gasteiger partial charge is 0.491 e. The second-order valence-electron chi connectivity index (χ2n) is 7.47. The predicted molar refractivity (Wildman–Crippen MR) is 102 cm³/mol. The number of benzene rings is 1. The van der Waals surface area contributed by atoms with Gasteiger partial charge >= 0.3 is 7.12 Å². The zero-order valence-corrected chi connectivity index (χ0v) is 15.5. The van der Waals surface area contributed by atoms with Gasteiger partial charge in [0, 0.05) is 29.2 Å². The molecule has 0 amide bonds. The minimum Gasteiger partial charge on any atom is -0.400 e. The van der Waals surface area contributed by atoms with Crippen molar-refractivity contribution in [2.45, 2.75) is 38.9 Å². The minimum absolute atomic E-state index is 0.390. The maximum absolute atomic E-state index is 11.4. The molecule has 25 heavy (non-hydrogen) atoms. The van der Waals surface area contributed by atoms with E-state index in [9.17, 15) is 4.79 Å². The van der Waals surface area contributed by atoms with Crippen LogP contribution in [0.1, 0.15) is 43.6 Å². The molecule has 5 nitrogen and oxygen atoms in total. The summed E-state index contributed by atoms with van der Waals surface area (Å²) < 4.78 is 12.4. The quantitative estimate of drug-likeness (QED) is 0.648. The average Bonchev–Trinajstić information content (AvgIpc) is 3.05. The zero-order valence-electron chi connectivity index (χ0n) is 15.5. The summed E-state index contributed by atoms with van der Waals surface area (Å²) in [4.78, 5) is 14.5. The van der Waals surface area contributed by atoms with Gasteiger partial charge in [0.15, 0.2) is 6.29 Å². The fourth-order valence-electron chi connectivity index (χ4n) is 3.05. The first-order valence-corrected chi connectivity index (χ1v) is 8.55. The van der Waals surface area contributed by atoms with Crippen LogP contribution >= 0.6 is 0 Å². The molecule has 6 heteroatoms. The van der Waals surface area contributed by atoms with Crippen molar-refractivity contribution in [3.05, 3.63) is 41.0 Å². The van der Waals surface area contributed by atoms with Gasteiger partial charge in [0.25, 0.3) is 0 Å². The predicted octanol–water partition coefficient (Wildman–Crippen LogP) is 3.21. The Morgan fingerprint density at radius 2 is 1.88 bits per heavy atom. The number of hydrogen-bond acceptors (Lipinski definition) is 4.